The first-order valence-electron chi connectivity index (χ1n) is 33.2. The van der Waals surface area contributed by atoms with E-state index in [-0.39, 0.29) is 141 Å². The molecule has 5 aromatic carbocycles. The zero-order valence-corrected chi connectivity index (χ0v) is 69.8. The van der Waals surface area contributed by atoms with Crippen molar-refractivity contribution in [3.8, 4) is 12.1 Å². The number of Topliss-reactive ketones (excluding diaryl/α,β-unsaturated/α-hetero) is 1. The Hall–Kier alpha value is -3.44. The third kappa shape index (κ3) is 29.8. The van der Waals surface area contributed by atoms with Crippen molar-refractivity contribution in [2.24, 2.45) is 5.73 Å². The molecule has 7 heterocycles. The van der Waals surface area contributed by atoms with Gasteiger partial charge in [-0.05, 0) is 166 Å². The monoisotopic (exact) mass is 1670 g/mol. The standard InChI is InChI=1S/C19H24FN3OS.C13H14ClFO2.C12H12FNO.C12H13FO3.C8H6FN.C6H13N3S.C4H8Br2O.CH4.K.Na.H2O.H/c1-22-8-10-23(11-9-22)18-21-17(14-25-18)19(6-12-24-13-7-19)15-2-4-16(20)5-3-15;14-9-12(16)13(5-7-17-8-6-13)10-1-3-11(15)4-2-10;13-11-3-1-10(2-4-11)12(9-14)5-7-15-8-6-12;13-10-3-1-9(2-4-10)12(11(14)15)5-7-16-8-6-12;9-8-3-1-7(2-4-8)5-6-10;1-8-2-4-9(5-3-8)6(7)10;5-1-3-7-4-2-6;;;;;/h2-5,14H,6-13H2,1H3;1-4H,5-9H2;1-4H,5-8H2;1-4H,5-8H2,(H,14,15);1-4H,5H2;2-5H2,1H3,(H2,7,10);1-4H2;1H4;;;1H2;/q;;;;;;;;2*+1;;-1/p-1. The Bertz CT molecular complexity index is 3490. The van der Waals surface area contributed by atoms with Gasteiger partial charge >= 0.3 is 86.9 Å². The fourth-order valence-electron chi connectivity index (χ4n) is 12.2. The minimum Gasteiger partial charge on any atom is -1.00 e. The number of rotatable bonds is 14. The van der Waals surface area contributed by atoms with Gasteiger partial charge in [0, 0.05) is 127 Å². The van der Waals surface area contributed by atoms with E-state index in [2.05, 4.69) is 72.1 Å². The molecule has 0 radical (unpaired) electrons. The summed E-state index contributed by atoms with van der Waals surface area (Å²) in [5, 5.41) is 32.6. The smallest absolute Gasteiger partial charge is 1.00 e. The number of anilines is 1. The van der Waals surface area contributed by atoms with Crippen LogP contribution in [0.1, 0.15) is 93.7 Å². The number of likely N-dealkylation sites (N-methyl/N-ethyl adjacent to an activating group) is 2. The van der Waals surface area contributed by atoms with Gasteiger partial charge in [0.15, 0.2) is 16.0 Å². The Balaban J connectivity index is 0.000000627. The van der Waals surface area contributed by atoms with E-state index in [1.165, 1.54) is 48.5 Å². The number of piperazine rings is 2. The molecule has 4 N–H and O–H groups in total. The maximum Gasteiger partial charge on any atom is 1.00 e. The average molecular weight is 1670 g/mol. The number of nitrogens with two attached hydrogens (primary N) is 1. The fourth-order valence-corrected chi connectivity index (χ4v) is 14.0. The number of hydrogen-bond acceptors (Lipinski definition) is 16. The number of thiazole rings is 1. The molecule has 1 aromatic heterocycles. The van der Waals surface area contributed by atoms with E-state index < -0.39 is 22.2 Å². The summed E-state index contributed by atoms with van der Waals surface area (Å²) in [6.45, 7) is 14.5. The number of carboxylic acids is 1. The number of alkyl halides is 3. The van der Waals surface area contributed by atoms with E-state index in [0.717, 1.165) is 135 Å². The molecule has 0 saturated carbocycles. The number of thiocarbonyl (C=S) groups is 1. The molecule has 560 valence electrons. The number of ketones is 1. The summed E-state index contributed by atoms with van der Waals surface area (Å²) in [6, 6.07) is 35.2. The quantitative estimate of drug-likeness (QED) is 0.0347. The fraction of sp³-hybridized carbons (Fsp3) is 0.493. The number of carboxylic acid groups (broad SMARTS) is 1. The summed E-state index contributed by atoms with van der Waals surface area (Å²) >= 11 is 18.7. The third-order valence-corrected chi connectivity index (χ3v) is 20.5. The van der Waals surface area contributed by atoms with Crippen LogP contribution in [0.5, 0.6) is 0 Å². The molecule has 0 amide bonds. The largest absolute Gasteiger partial charge is 1.00 e. The summed E-state index contributed by atoms with van der Waals surface area (Å²) in [7, 11) is 4.27. The van der Waals surface area contributed by atoms with Crippen LogP contribution >= 0.6 is 67.0 Å². The minimum absolute atomic E-state index is 0. The van der Waals surface area contributed by atoms with Crippen LogP contribution in [-0.4, -0.2) is 196 Å². The number of carbonyl (C=O) groups excluding carboxylic acids is 1. The van der Waals surface area contributed by atoms with Gasteiger partial charge in [0.05, 0.1) is 59.6 Å². The predicted octanol–water partition coefficient (Wildman–Crippen LogP) is 7.91. The van der Waals surface area contributed by atoms with Crippen LogP contribution in [0, 0.1) is 51.7 Å². The van der Waals surface area contributed by atoms with Crippen molar-refractivity contribution in [3.63, 3.8) is 0 Å². The molecule has 29 heteroatoms. The van der Waals surface area contributed by atoms with Crippen molar-refractivity contribution in [2.75, 3.05) is 154 Å². The number of ether oxygens (including phenoxy) is 5. The van der Waals surface area contributed by atoms with Gasteiger partial charge in [0.2, 0.25) is 0 Å². The summed E-state index contributed by atoms with van der Waals surface area (Å²) in [5.41, 5.74) is 8.82. The number of nitriles is 2. The summed E-state index contributed by atoms with van der Waals surface area (Å²) in [4.78, 5) is 37.6. The number of hydrogen-bond donors (Lipinski definition) is 2. The molecule has 6 aliphatic heterocycles. The number of halogens is 8. The van der Waals surface area contributed by atoms with Crippen molar-refractivity contribution in [1.82, 2.24) is 19.7 Å². The zero-order valence-electron chi connectivity index (χ0n) is 60.1. The summed E-state index contributed by atoms with van der Waals surface area (Å²) in [6.07, 6.45) is 5.62. The Morgan fingerprint density at radius 3 is 1.37 bits per heavy atom. The number of nitrogens with zero attached hydrogens (tertiary/aromatic N) is 7. The van der Waals surface area contributed by atoms with Gasteiger partial charge in [-0.2, -0.15) is 10.5 Å². The number of benzene rings is 5. The summed E-state index contributed by atoms with van der Waals surface area (Å²) < 4.78 is 90.5. The predicted molar refractivity (Wildman–Crippen MR) is 402 cm³/mol. The van der Waals surface area contributed by atoms with E-state index in [4.69, 9.17) is 63.5 Å². The van der Waals surface area contributed by atoms with Crippen LogP contribution in [0.2, 0.25) is 0 Å². The molecular formula is C75H96Br2ClF5KN8NaO9S2. The van der Waals surface area contributed by atoms with Crippen LogP contribution in [0.25, 0.3) is 0 Å². The molecule has 0 bridgehead atoms. The minimum atomic E-state index is -0.911. The molecule has 17 nitrogen and oxygen atoms in total. The van der Waals surface area contributed by atoms with Gasteiger partial charge in [-0.15, -0.1) is 22.9 Å². The van der Waals surface area contributed by atoms with E-state index in [1.807, 2.05) is 23.1 Å². The molecule has 0 unspecified atom stereocenters. The second-order valence-electron chi connectivity index (χ2n) is 24.7. The first-order chi connectivity index (χ1) is 48.2. The molecule has 0 spiro atoms. The molecular weight excluding hydrogens is 1570 g/mol. The molecule has 6 aliphatic rings. The van der Waals surface area contributed by atoms with Crippen LogP contribution in [0.15, 0.2) is 127 Å². The SMILES string of the molecule is BrCCOCCBr.C.CN1CCN(C(N)=S)CC1.CN1CCN(c2nc(C3(c4ccc(F)cc4)CCOCC3)cs2)CC1.N#CC1(c2ccc(F)cc2)CCOCC1.N#CCc1ccc(F)cc1.O=C(CCl)C1(c2ccc(F)cc2)CCOCC1.O=C(O)C1(c2ccc(F)cc2)CCOCC1.[H-].[K+].[Na+].[OH-]. The Kier molecular flexibility index (Phi) is 47.5. The topological polar surface area (TPSA) is 230 Å². The molecule has 0 atom stereocenters. The van der Waals surface area contributed by atoms with Crippen LogP contribution in [0.4, 0.5) is 27.1 Å². The van der Waals surface area contributed by atoms with E-state index in [0.29, 0.717) is 95.3 Å². The van der Waals surface area contributed by atoms with E-state index >= 15 is 0 Å². The Morgan fingerprint density at radius 2 is 0.981 bits per heavy atom. The zero-order chi connectivity index (χ0) is 72.4. The van der Waals surface area contributed by atoms with Crippen molar-refractivity contribution in [1.29, 1.82) is 10.5 Å². The van der Waals surface area contributed by atoms with E-state index in [1.54, 1.807) is 72.0 Å². The molecule has 12 rings (SSSR count). The van der Waals surface area contributed by atoms with Crippen LogP contribution in [0.3, 0.4) is 0 Å². The van der Waals surface area contributed by atoms with Crippen molar-refractivity contribution in [2.45, 2.75) is 86.9 Å². The second kappa shape index (κ2) is 51.1. The normalized spacial score (nSPS) is 17.5. The Labute approximate surface area is 707 Å². The second-order valence-corrected chi connectivity index (χ2v) is 27.8. The van der Waals surface area contributed by atoms with Gasteiger partial charge in [-0.1, -0.05) is 100.0 Å². The first kappa shape index (κ1) is 96.6. The molecule has 6 saturated heterocycles. The molecule has 104 heavy (non-hydrogen) atoms. The van der Waals surface area contributed by atoms with Gasteiger partial charge in [0.25, 0.3) is 0 Å². The first-order valence-corrected chi connectivity index (χ1v) is 37.3. The van der Waals surface area contributed by atoms with Gasteiger partial charge in [0.1, 0.15) is 29.1 Å². The Morgan fingerprint density at radius 1 is 0.615 bits per heavy atom. The molecule has 0 aliphatic carbocycles. The maximum absolute atomic E-state index is 13.4. The summed E-state index contributed by atoms with van der Waals surface area (Å²) in [5.74, 6) is -2.25. The van der Waals surface area contributed by atoms with Gasteiger partial charge in [-0.3, -0.25) is 9.59 Å². The maximum atomic E-state index is 13.4. The van der Waals surface area contributed by atoms with Gasteiger partial charge in [-0.25, -0.2) is 26.9 Å². The third-order valence-electron chi connectivity index (χ3n) is 18.5. The molecule has 6 fully saturated rings. The van der Waals surface area contributed by atoms with Gasteiger partial charge < -0.3 is 61.0 Å². The number of aromatic nitrogens is 1. The number of carbonyl (C=O) groups is 2. The molecule has 6 aromatic rings. The van der Waals surface area contributed by atoms with Crippen LogP contribution < -0.4 is 91.6 Å². The van der Waals surface area contributed by atoms with Crippen molar-refractivity contribution >= 4 is 89.0 Å². The van der Waals surface area contributed by atoms with Crippen molar-refractivity contribution in [3.05, 3.63) is 189 Å². The average Bonchev–Trinajstić information content (AvgIpc) is 1.77. The number of aliphatic carboxylic acids is 1. The van der Waals surface area contributed by atoms with Crippen LogP contribution in [-0.2, 0) is 61.4 Å². The van der Waals surface area contributed by atoms with Crippen molar-refractivity contribution < 1.29 is 148 Å². The van der Waals surface area contributed by atoms with E-state index in [9.17, 15) is 41.9 Å².